The molecule has 6 heteroatoms. The van der Waals surface area contributed by atoms with Crippen molar-refractivity contribution in [1.82, 2.24) is 5.32 Å². The summed E-state index contributed by atoms with van der Waals surface area (Å²) >= 11 is 0. The molecule has 0 bridgehead atoms. The maximum atomic E-state index is 12.3. The van der Waals surface area contributed by atoms with E-state index in [0.717, 1.165) is 19.3 Å². The van der Waals surface area contributed by atoms with E-state index in [9.17, 15) is 14.4 Å². The number of amides is 2. The molecular formula is C19H26N2O4. The number of carbonyl (C=O) groups is 3. The smallest absolute Gasteiger partial charge is 0.338 e. The molecule has 0 aliphatic heterocycles. The fourth-order valence-corrected chi connectivity index (χ4v) is 3.01. The minimum Gasteiger partial charge on any atom is -0.449 e. The van der Waals surface area contributed by atoms with E-state index in [0.29, 0.717) is 17.2 Å². The van der Waals surface area contributed by atoms with Crippen LogP contribution in [0.25, 0.3) is 0 Å². The van der Waals surface area contributed by atoms with Crippen molar-refractivity contribution in [3.05, 3.63) is 29.8 Å². The molecule has 25 heavy (non-hydrogen) atoms. The van der Waals surface area contributed by atoms with Gasteiger partial charge in [0.05, 0.1) is 5.56 Å². The van der Waals surface area contributed by atoms with Gasteiger partial charge in [0.15, 0.2) is 6.10 Å². The van der Waals surface area contributed by atoms with Crippen LogP contribution in [0.15, 0.2) is 24.3 Å². The van der Waals surface area contributed by atoms with Crippen molar-refractivity contribution < 1.29 is 19.1 Å². The van der Waals surface area contributed by atoms with Gasteiger partial charge in [-0.1, -0.05) is 19.8 Å². The Morgan fingerprint density at radius 1 is 1.12 bits per heavy atom. The number of carbonyl (C=O) groups excluding carboxylic acids is 3. The first-order chi connectivity index (χ1) is 11.9. The molecule has 0 saturated heterocycles. The second kappa shape index (κ2) is 8.65. The Balaban J connectivity index is 1.88. The van der Waals surface area contributed by atoms with Gasteiger partial charge in [-0.25, -0.2) is 4.79 Å². The van der Waals surface area contributed by atoms with E-state index in [4.69, 9.17) is 4.74 Å². The predicted molar refractivity (Wildman–Crippen MR) is 95.2 cm³/mol. The Kier molecular flexibility index (Phi) is 6.56. The lowest BCUT2D eigenvalue weighted by atomic mass is 9.86. The highest BCUT2D eigenvalue weighted by Crippen LogP contribution is 2.23. The summed E-state index contributed by atoms with van der Waals surface area (Å²) in [6, 6.07) is 6.50. The lowest BCUT2D eigenvalue weighted by molar-refractivity contribution is -0.130. The number of benzene rings is 1. The molecule has 2 amide bonds. The Morgan fingerprint density at radius 3 is 2.36 bits per heavy atom. The van der Waals surface area contributed by atoms with Crippen LogP contribution in [0.4, 0.5) is 5.69 Å². The van der Waals surface area contributed by atoms with Gasteiger partial charge in [-0.15, -0.1) is 0 Å². The van der Waals surface area contributed by atoms with E-state index in [1.165, 1.54) is 13.3 Å². The number of anilines is 1. The third kappa shape index (κ3) is 5.59. The van der Waals surface area contributed by atoms with Gasteiger partial charge in [0.1, 0.15) is 0 Å². The van der Waals surface area contributed by atoms with Crippen molar-refractivity contribution in [3.8, 4) is 0 Å². The Labute approximate surface area is 148 Å². The Morgan fingerprint density at radius 2 is 1.76 bits per heavy atom. The molecule has 0 unspecified atom stereocenters. The summed E-state index contributed by atoms with van der Waals surface area (Å²) in [5, 5.41) is 5.62. The summed E-state index contributed by atoms with van der Waals surface area (Å²) < 4.78 is 5.26. The normalized spacial score (nSPS) is 21.1. The average molecular weight is 346 g/mol. The van der Waals surface area contributed by atoms with E-state index in [-0.39, 0.29) is 17.9 Å². The third-order valence-corrected chi connectivity index (χ3v) is 4.53. The van der Waals surface area contributed by atoms with Crippen LogP contribution in [-0.4, -0.2) is 29.9 Å². The van der Waals surface area contributed by atoms with Gasteiger partial charge in [-0.2, -0.15) is 0 Å². The summed E-state index contributed by atoms with van der Waals surface area (Å²) in [7, 11) is 0. The van der Waals surface area contributed by atoms with Crippen LogP contribution in [0.3, 0.4) is 0 Å². The Bertz CT molecular complexity index is 627. The lowest BCUT2D eigenvalue weighted by Gasteiger charge is -2.30. The summed E-state index contributed by atoms with van der Waals surface area (Å²) in [5.41, 5.74) is 0.931. The fourth-order valence-electron chi connectivity index (χ4n) is 3.01. The zero-order valence-corrected chi connectivity index (χ0v) is 15.0. The molecule has 1 aliphatic rings. The van der Waals surface area contributed by atoms with Crippen molar-refractivity contribution in [2.24, 2.45) is 5.92 Å². The van der Waals surface area contributed by atoms with E-state index < -0.39 is 12.1 Å². The van der Waals surface area contributed by atoms with Crippen LogP contribution < -0.4 is 10.6 Å². The van der Waals surface area contributed by atoms with Crippen LogP contribution in [-0.2, 0) is 14.3 Å². The second-order valence-corrected chi connectivity index (χ2v) is 6.68. The van der Waals surface area contributed by atoms with Crippen LogP contribution in [0.5, 0.6) is 0 Å². The zero-order chi connectivity index (χ0) is 18.4. The van der Waals surface area contributed by atoms with Crippen molar-refractivity contribution in [3.63, 3.8) is 0 Å². The van der Waals surface area contributed by atoms with Gasteiger partial charge >= 0.3 is 5.97 Å². The topological polar surface area (TPSA) is 84.5 Å². The van der Waals surface area contributed by atoms with E-state index in [2.05, 4.69) is 17.6 Å². The zero-order valence-electron chi connectivity index (χ0n) is 15.0. The Hall–Kier alpha value is -2.37. The molecule has 2 rings (SSSR count). The summed E-state index contributed by atoms with van der Waals surface area (Å²) in [6.07, 6.45) is 3.55. The molecule has 3 atom stereocenters. The summed E-state index contributed by atoms with van der Waals surface area (Å²) in [5.74, 6) is -0.560. The monoisotopic (exact) mass is 346 g/mol. The van der Waals surface area contributed by atoms with Gasteiger partial charge in [-0.3, -0.25) is 9.59 Å². The van der Waals surface area contributed by atoms with E-state index >= 15 is 0 Å². The van der Waals surface area contributed by atoms with Crippen molar-refractivity contribution in [1.29, 1.82) is 0 Å². The van der Waals surface area contributed by atoms with Gasteiger partial charge in [-0.05, 0) is 49.9 Å². The SMILES string of the molecule is CC(=O)Nc1ccc(C(=O)O[C@H](C)C(=O)N[C@H]2CCCC[C@H]2C)cc1. The first-order valence-corrected chi connectivity index (χ1v) is 8.76. The quantitative estimate of drug-likeness (QED) is 0.803. The molecule has 136 valence electrons. The standard InChI is InChI=1S/C19H26N2O4/c1-12-6-4-5-7-17(12)21-18(23)13(2)25-19(24)15-8-10-16(11-9-15)20-14(3)22/h8-13,17H,4-7H2,1-3H3,(H,20,22)(H,21,23)/t12-,13-,17+/m1/s1. The van der Waals surface area contributed by atoms with Gasteiger partial charge in [0.25, 0.3) is 5.91 Å². The molecule has 0 heterocycles. The van der Waals surface area contributed by atoms with Crippen molar-refractivity contribution in [2.75, 3.05) is 5.32 Å². The molecule has 1 aromatic carbocycles. The lowest BCUT2D eigenvalue weighted by Crippen LogP contribution is -2.45. The molecular weight excluding hydrogens is 320 g/mol. The molecule has 2 N–H and O–H groups in total. The number of rotatable bonds is 5. The molecule has 6 nitrogen and oxygen atoms in total. The first kappa shape index (κ1) is 19.0. The van der Waals surface area contributed by atoms with Crippen LogP contribution in [0.1, 0.15) is 56.8 Å². The summed E-state index contributed by atoms with van der Waals surface area (Å²) in [4.78, 5) is 35.4. The number of hydrogen-bond donors (Lipinski definition) is 2. The molecule has 1 aliphatic carbocycles. The van der Waals surface area contributed by atoms with Crippen LogP contribution >= 0.6 is 0 Å². The highest BCUT2D eigenvalue weighted by atomic mass is 16.5. The molecule has 0 aromatic heterocycles. The fraction of sp³-hybridized carbons (Fsp3) is 0.526. The van der Waals surface area contributed by atoms with E-state index in [1.54, 1.807) is 31.2 Å². The first-order valence-electron chi connectivity index (χ1n) is 8.76. The van der Waals surface area contributed by atoms with Crippen molar-refractivity contribution >= 4 is 23.5 Å². The van der Waals surface area contributed by atoms with E-state index in [1.807, 2.05) is 0 Å². The van der Waals surface area contributed by atoms with Gasteiger partial charge in [0.2, 0.25) is 5.91 Å². The number of nitrogens with one attached hydrogen (secondary N) is 2. The van der Waals surface area contributed by atoms with Crippen LogP contribution in [0, 0.1) is 5.92 Å². The molecule has 0 radical (unpaired) electrons. The van der Waals surface area contributed by atoms with Crippen LogP contribution in [0.2, 0.25) is 0 Å². The van der Waals surface area contributed by atoms with Crippen molar-refractivity contribution in [2.45, 2.75) is 58.6 Å². The number of hydrogen-bond acceptors (Lipinski definition) is 4. The molecule has 1 saturated carbocycles. The maximum Gasteiger partial charge on any atom is 0.338 e. The summed E-state index contributed by atoms with van der Waals surface area (Å²) in [6.45, 7) is 5.12. The highest BCUT2D eigenvalue weighted by molar-refractivity contribution is 5.93. The molecule has 1 fully saturated rings. The number of ether oxygens (including phenoxy) is 1. The predicted octanol–water partition coefficient (Wildman–Crippen LogP) is 2.89. The maximum absolute atomic E-state index is 12.3. The minimum absolute atomic E-state index is 0.152. The third-order valence-electron chi connectivity index (χ3n) is 4.53. The average Bonchev–Trinajstić information content (AvgIpc) is 2.56. The largest absolute Gasteiger partial charge is 0.449 e. The minimum atomic E-state index is -0.850. The second-order valence-electron chi connectivity index (χ2n) is 6.68. The molecule has 0 spiro atoms. The van der Waals surface area contributed by atoms with Gasteiger partial charge < -0.3 is 15.4 Å². The number of esters is 1. The molecule has 1 aromatic rings. The van der Waals surface area contributed by atoms with Gasteiger partial charge in [0, 0.05) is 18.7 Å². The highest BCUT2D eigenvalue weighted by Gasteiger charge is 2.26.